The molecule has 0 heterocycles. The number of ether oxygens (including phenoxy) is 1. The van der Waals surface area contributed by atoms with Crippen LogP contribution in [-0.2, 0) is 4.74 Å². The van der Waals surface area contributed by atoms with Crippen LogP contribution >= 0.6 is 0 Å². The molecule has 0 aliphatic rings. The van der Waals surface area contributed by atoms with Crippen molar-refractivity contribution in [2.24, 2.45) is 0 Å². The van der Waals surface area contributed by atoms with Crippen LogP contribution in [0.15, 0.2) is 0 Å². The zero-order valence-electron chi connectivity index (χ0n) is 3.72. The van der Waals surface area contributed by atoms with Gasteiger partial charge in [-0.2, -0.15) is 11.0 Å². The molecule has 0 unspecified atom stereocenters. The predicted molar refractivity (Wildman–Crippen MR) is 20.7 cm³/mol. The highest BCUT2D eigenvalue weighted by molar-refractivity contribution is 4.06. The second-order valence-electron chi connectivity index (χ2n) is 0.809. The fraction of sp³-hybridized carbons (Fsp3) is 1.00. The molecule has 0 amide bonds. The van der Waals surface area contributed by atoms with E-state index in [1.54, 1.807) is 11.0 Å². The monoisotopic (exact) mass is 108 g/mol. The summed E-state index contributed by atoms with van der Waals surface area (Å²) in [6, 6.07) is 0. The van der Waals surface area contributed by atoms with Crippen LogP contribution in [0.1, 0.15) is 0 Å². The molecule has 4 N–H and O–H groups in total. The second kappa shape index (κ2) is 5.80. The first-order chi connectivity index (χ1) is 3.41. The average molecular weight is 108 g/mol. The first-order valence-electron chi connectivity index (χ1n) is 1.73. The van der Waals surface area contributed by atoms with Crippen molar-refractivity contribution in [1.29, 1.82) is 0 Å². The zero-order chi connectivity index (χ0) is 5.54. The third-order valence-electron chi connectivity index (χ3n) is 0.333. The van der Waals surface area contributed by atoms with Crippen molar-refractivity contribution in [3.63, 3.8) is 0 Å². The highest BCUT2D eigenvalue weighted by Crippen LogP contribution is 1.58. The van der Waals surface area contributed by atoms with E-state index in [1.165, 1.54) is 0 Å². The topological polar surface area (TPSA) is 73.8 Å². The minimum Gasteiger partial charge on any atom is -0.347 e. The van der Waals surface area contributed by atoms with Gasteiger partial charge in [-0.15, -0.1) is 0 Å². The number of hydrogen-bond donors (Lipinski definition) is 4. The van der Waals surface area contributed by atoms with E-state index in [2.05, 4.69) is 4.74 Å². The molecule has 0 rings (SSSR count). The molecule has 5 heteroatoms. The Bertz CT molecular complexity index is 30.1. The molecule has 5 nitrogen and oxygen atoms in total. The van der Waals surface area contributed by atoms with Crippen molar-refractivity contribution in [3.05, 3.63) is 0 Å². The molecule has 0 spiro atoms. The van der Waals surface area contributed by atoms with E-state index in [0.717, 1.165) is 0 Å². The van der Waals surface area contributed by atoms with Crippen LogP contribution < -0.4 is 11.0 Å². The van der Waals surface area contributed by atoms with E-state index in [0.29, 0.717) is 0 Å². The van der Waals surface area contributed by atoms with Gasteiger partial charge in [0.2, 0.25) is 0 Å². The van der Waals surface area contributed by atoms with Crippen molar-refractivity contribution in [1.82, 2.24) is 11.0 Å². The van der Waals surface area contributed by atoms with Gasteiger partial charge in [-0.3, -0.25) is 0 Å². The largest absolute Gasteiger partial charge is 0.347 e. The van der Waals surface area contributed by atoms with Crippen LogP contribution in [0.4, 0.5) is 0 Å². The van der Waals surface area contributed by atoms with Gasteiger partial charge in [0.05, 0.1) is 0 Å². The molecule has 0 aliphatic carbocycles. The summed E-state index contributed by atoms with van der Waals surface area (Å²) >= 11 is 0. The average Bonchev–Trinajstić information content (AvgIpc) is 1.69. The van der Waals surface area contributed by atoms with Crippen molar-refractivity contribution >= 4 is 0 Å². The Kier molecular flexibility index (Phi) is 5.63. The lowest BCUT2D eigenvalue weighted by Gasteiger charge is -1.96. The standard InChI is InChI=1S/C2H8N2O3/c5-3-1-7-2-4-6/h3-6H,1-2H2. The second-order valence-corrected chi connectivity index (χ2v) is 0.809. The molecular weight excluding hydrogens is 100 g/mol. The van der Waals surface area contributed by atoms with Gasteiger partial charge >= 0.3 is 0 Å². The Hall–Kier alpha value is -0.200. The molecule has 0 radical (unpaired) electrons. The highest BCUT2D eigenvalue weighted by atomic mass is 16.6. The molecule has 0 saturated carbocycles. The van der Waals surface area contributed by atoms with Gasteiger partial charge in [0, 0.05) is 0 Å². The molecule has 0 saturated heterocycles. The Labute approximate surface area is 40.8 Å². The van der Waals surface area contributed by atoms with E-state index in [1.807, 2.05) is 0 Å². The number of hydrogen-bond acceptors (Lipinski definition) is 5. The summed E-state index contributed by atoms with van der Waals surface area (Å²) in [5, 5.41) is 15.6. The van der Waals surface area contributed by atoms with Gasteiger partial charge in [-0.1, -0.05) is 0 Å². The Balaban J connectivity index is 2.45. The lowest BCUT2D eigenvalue weighted by Crippen LogP contribution is -2.19. The Morgan fingerprint density at radius 1 is 1.14 bits per heavy atom. The molecule has 0 fully saturated rings. The molecule has 0 bridgehead atoms. The third-order valence-corrected chi connectivity index (χ3v) is 0.333. The molecule has 0 aromatic rings. The summed E-state index contributed by atoms with van der Waals surface area (Å²) in [6.45, 7) is 0.0150. The van der Waals surface area contributed by atoms with Crippen LogP contribution in [0.5, 0.6) is 0 Å². The molecule has 7 heavy (non-hydrogen) atoms. The quantitative estimate of drug-likeness (QED) is 0.208. The van der Waals surface area contributed by atoms with Crippen LogP contribution in [0, 0.1) is 0 Å². The maximum atomic E-state index is 7.81. The Morgan fingerprint density at radius 2 is 1.57 bits per heavy atom. The van der Waals surface area contributed by atoms with E-state index < -0.39 is 0 Å². The lowest BCUT2D eigenvalue weighted by atomic mass is 11.2. The van der Waals surface area contributed by atoms with E-state index in [-0.39, 0.29) is 13.5 Å². The van der Waals surface area contributed by atoms with Gasteiger partial charge < -0.3 is 15.2 Å². The summed E-state index contributed by atoms with van der Waals surface area (Å²) in [5.41, 5.74) is 3.46. The minimum atomic E-state index is 0.00750. The van der Waals surface area contributed by atoms with Gasteiger partial charge in [0.25, 0.3) is 0 Å². The van der Waals surface area contributed by atoms with E-state index in [9.17, 15) is 0 Å². The Morgan fingerprint density at radius 3 is 1.86 bits per heavy atom. The summed E-state index contributed by atoms with van der Waals surface area (Å²) in [6.07, 6.45) is 0. The first kappa shape index (κ1) is 6.80. The van der Waals surface area contributed by atoms with Crippen molar-refractivity contribution in [3.8, 4) is 0 Å². The number of nitrogens with one attached hydrogen (secondary N) is 2. The molecule has 0 atom stereocenters. The van der Waals surface area contributed by atoms with Gasteiger partial charge in [0.1, 0.15) is 13.5 Å². The van der Waals surface area contributed by atoms with Crippen molar-refractivity contribution < 1.29 is 15.2 Å². The van der Waals surface area contributed by atoms with Crippen LogP contribution in [0.2, 0.25) is 0 Å². The summed E-state index contributed by atoms with van der Waals surface area (Å²) in [7, 11) is 0. The van der Waals surface area contributed by atoms with E-state index in [4.69, 9.17) is 10.4 Å². The maximum absolute atomic E-state index is 7.81. The van der Waals surface area contributed by atoms with Crippen LogP contribution in [0.3, 0.4) is 0 Å². The smallest absolute Gasteiger partial charge is 0.121 e. The van der Waals surface area contributed by atoms with Gasteiger partial charge in [-0.25, -0.2) is 0 Å². The molecular formula is C2H8N2O3. The SMILES string of the molecule is ONCOCNO. The first-order valence-corrected chi connectivity index (χ1v) is 1.73. The normalized spacial score (nSPS) is 9.43. The number of hydroxylamine groups is 2. The molecule has 0 aromatic carbocycles. The van der Waals surface area contributed by atoms with Crippen LogP contribution in [-0.4, -0.2) is 23.9 Å². The molecule has 0 aromatic heterocycles. The zero-order valence-corrected chi connectivity index (χ0v) is 3.72. The highest BCUT2D eigenvalue weighted by Gasteiger charge is 1.76. The van der Waals surface area contributed by atoms with Crippen molar-refractivity contribution in [2.75, 3.05) is 13.5 Å². The fourth-order valence-corrected chi connectivity index (χ4v) is 0.142. The van der Waals surface area contributed by atoms with Gasteiger partial charge in [-0.05, 0) is 0 Å². The number of rotatable bonds is 4. The predicted octanol–water partition coefficient (Wildman–Crippen LogP) is -1.12. The fourth-order valence-electron chi connectivity index (χ4n) is 0.142. The lowest BCUT2D eigenvalue weighted by molar-refractivity contribution is -0.0253. The molecule has 44 valence electrons. The van der Waals surface area contributed by atoms with Crippen molar-refractivity contribution in [2.45, 2.75) is 0 Å². The summed E-state index contributed by atoms with van der Waals surface area (Å²) in [4.78, 5) is 0. The van der Waals surface area contributed by atoms with Gasteiger partial charge in [0.15, 0.2) is 0 Å². The molecule has 0 aliphatic heterocycles. The maximum Gasteiger partial charge on any atom is 0.121 e. The third kappa shape index (κ3) is 5.80. The minimum absolute atomic E-state index is 0.00750. The summed E-state index contributed by atoms with van der Waals surface area (Å²) < 4.78 is 4.41. The van der Waals surface area contributed by atoms with E-state index >= 15 is 0 Å². The summed E-state index contributed by atoms with van der Waals surface area (Å²) in [5.74, 6) is 0. The van der Waals surface area contributed by atoms with Crippen LogP contribution in [0.25, 0.3) is 0 Å².